The first-order valence-electron chi connectivity index (χ1n) is 12.4. The van der Waals surface area contributed by atoms with Gasteiger partial charge in [-0.1, -0.05) is 42.2 Å². The van der Waals surface area contributed by atoms with Crippen molar-refractivity contribution >= 4 is 44.1 Å². The fourth-order valence-corrected chi connectivity index (χ4v) is 6.09. The number of nitrogens with zero attached hydrogens (tertiary/aromatic N) is 2. The first-order valence-corrected chi connectivity index (χ1v) is 13.2. The van der Waals surface area contributed by atoms with Crippen LogP contribution in [0, 0.1) is 20.8 Å². The quantitative estimate of drug-likeness (QED) is 0.126. The lowest BCUT2D eigenvalue weighted by Gasteiger charge is -2.23. The van der Waals surface area contributed by atoms with E-state index in [9.17, 15) is 14.7 Å². The average Bonchev–Trinajstić information content (AvgIpc) is 3.45. The van der Waals surface area contributed by atoms with Gasteiger partial charge >= 0.3 is 5.91 Å². The summed E-state index contributed by atoms with van der Waals surface area (Å²) in [6.07, 6.45) is 1.64. The molecule has 1 atom stereocenters. The Kier molecular flexibility index (Phi) is 6.97. The van der Waals surface area contributed by atoms with Gasteiger partial charge in [0, 0.05) is 5.56 Å². The number of aliphatic hydroxyl groups excluding tert-OH is 1. The highest BCUT2D eigenvalue weighted by molar-refractivity contribution is 7.22. The summed E-state index contributed by atoms with van der Waals surface area (Å²) in [6, 6.07) is 15.4. The topological polar surface area (TPSA) is 89.0 Å². The molecule has 2 heterocycles. The maximum absolute atomic E-state index is 13.6. The van der Waals surface area contributed by atoms with E-state index in [4.69, 9.17) is 14.5 Å². The van der Waals surface area contributed by atoms with Crippen LogP contribution in [0.15, 0.2) is 72.8 Å². The van der Waals surface area contributed by atoms with E-state index in [1.807, 2.05) is 32.9 Å². The highest BCUT2D eigenvalue weighted by Gasteiger charge is 2.48. The number of amides is 1. The van der Waals surface area contributed by atoms with Crippen molar-refractivity contribution in [3.63, 3.8) is 0 Å². The van der Waals surface area contributed by atoms with Crippen molar-refractivity contribution in [3.8, 4) is 11.5 Å². The fraction of sp³-hybridized carbons (Fsp3) is 0.194. The minimum Gasteiger partial charge on any atom is -0.507 e. The van der Waals surface area contributed by atoms with Crippen molar-refractivity contribution in [2.24, 2.45) is 0 Å². The molecule has 7 nitrogen and oxygen atoms in total. The molecule has 1 fully saturated rings. The van der Waals surface area contributed by atoms with Gasteiger partial charge in [0.05, 0.1) is 28.9 Å². The summed E-state index contributed by atoms with van der Waals surface area (Å²) < 4.78 is 12.0. The molecule has 1 N–H and O–H groups in total. The van der Waals surface area contributed by atoms with Gasteiger partial charge in [0.25, 0.3) is 5.78 Å². The third kappa shape index (κ3) is 4.68. The van der Waals surface area contributed by atoms with Crippen LogP contribution in [0.1, 0.15) is 33.9 Å². The largest absolute Gasteiger partial charge is 0.507 e. The number of thiazole rings is 1. The van der Waals surface area contributed by atoms with Gasteiger partial charge in [-0.25, -0.2) is 4.98 Å². The van der Waals surface area contributed by atoms with Gasteiger partial charge in [-0.3, -0.25) is 14.5 Å². The van der Waals surface area contributed by atoms with Gasteiger partial charge in [0.2, 0.25) is 0 Å². The van der Waals surface area contributed by atoms with Crippen LogP contribution in [0.4, 0.5) is 5.13 Å². The number of anilines is 1. The zero-order chi connectivity index (χ0) is 27.8. The number of ether oxygens (including phenoxy) is 2. The number of benzene rings is 3. The molecule has 1 aliphatic heterocycles. The second-order valence-corrected chi connectivity index (χ2v) is 10.5. The third-order valence-corrected chi connectivity index (χ3v) is 7.68. The van der Waals surface area contributed by atoms with E-state index in [-0.39, 0.29) is 11.3 Å². The first kappa shape index (κ1) is 26.2. The molecule has 8 heteroatoms. The molecule has 1 aliphatic rings. The van der Waals surface area contributed by atoms with Gasteiger partial charge in [0.1, 0.15) is 23.9 Å². The molecule has 0 radical (unpaired) electrons. The van der Waals surface area contributed by atoms with Gasteiger partial charge in [-0.05, 0) is 79.4 Å². The summed E-state index contributed by atoms with van der Waals surface area (Å²) in [5.74, 6) is -0.602. The Morgan fingerprint density at radius 1 is 1.10 bits per heavy atom. The molecular weight excluding hydrogens is 512 g/mol. The third-order valence-electron chi connectivity index (χ3n) is 6.68. The molecular formula is C31H28N2O5S. The minimum atomic E-state index is -0.915. The van der Waals surface area contributed by atoms with E-state index in [2.05, 4.69) is 6.58 Å². The maximum atomic E-state index is 13.6. The number of aliphatic hydroxyl groups is 1. The Hall–Kier alpha value is -4.43. The number of rotatable bonds is 7. The number of fused-ring (bicyclic) bond motifs is 1. The molecule has 0 saturated carbocycles. The highest BCUT2D eigenvalue weighted by Crippen LogP contribution is 2.45. The van der Waals surface area contributed by atoms with E-state index in [1.165, 1.54) is 16.2 Å². The van der Waals surface area contributed by atoms with Crippen molar-refractivity contribution in [1.82, 2.24) is 4.98 Å². The lowest BCUT2D eigenvalue weighted by Crippen LogP contribution is -2.29. The van der Waals surface area contributed by atoms with Crippen LogP contribution in [-0.2, 0) is 9.59 Å². The summed E-state index contributed by atoms with van der Waals surface area (Å²) in [5, 5.41) is 11.9. The summed E-state index contributed by atoms with van der Waals surface area (Å²) in [5.41, 5.74) is 4.61. The number of ketones is 1. The zero-order valence-corrected chi connectivity index (χ0v) is 23.0. The Morgan fingerprint density at radius 2 is 1.90 bits per heavy atom. The molecule has 0 unspecified atom stereocenters. The normalized spacial score (nSPS) is 16.6. The molecule has 0 aliphatic carbocycles. The lowest BCUT2D eigenvalue weighted by atomic mass is 9.94. The molecule has 3 aromatic carbocycles. The molecule has 0 bridgehead atoms. The number of hydrogen-bond acceptors (Lipinski definition) is 7. The van der Waals surface area contributed by atoms with E-state index in [0.29, 0.717) is 34.4 Å². The predicted molar refractivity (Wildman–Crippen MR) is 154 cm³/mol. The Labute approximate surface area is 230 Å². The zero-order valence-electron chi connectivity index (χ0n) is 22.1. The molecule has 4 aromatic rings. The Bertz CT molecular complexity index is 1670. The summed E-state index contributed by atoms with van der Waals surface area (Å²) in [6.45, 7) is 9.80. The van der Waals surface area contributed by atoms with E-state index < -0.39 is 17.7 Å². The SMILES string of the molecule is C=CCOc1cccc([C@H]2C(=C(O)c3ccc(OC)c(C)c3)C(=O)C(=O)N2c2nc3c(C)cc(C)cc3s2)c1. The van der Waals surface area contributed by atoms with Gasteiger partial charge in [-0.2, -0.15) is 0 Å². The molecule has 198 valence electrons. The molecule has 1 amide bonds. The van der Waals surface area contributed by atoms with Crippen molar-refractivity contribution in [3.05, 3.63) is 101 Å². The molecule has 39 heavy (non-hydrogen) atoms. The van der Waals surface area contributed by atoms with Crippen LogP contribution >= 0.6 is 11.3 Å². The van der Waals surface area contributed by atoms with Crippen LogP contribution in [0.3, 0.4) is 0 Å². The van der Waals surface area contributed by atoms with Crippen molar-refractivity contribution in [2.45, 2.75) is 26.8 Å². The monoisotopic (exact) mass is 540 g/mol. The Balaban J connectivity index is 1.73. The van der Waals surface area contributed by atoms with Crippen molar-refractivity contribution < 1.29 is 24.2 Å². The number of methoxy groups -OCH3 is 1. The summed E-state index contributed by atoms with van der Waals surface area (Å²) >= 11 is 1.34. The fourth-order valence-electron chi connectivity index (χ4n) is 4.92. The van der Waals surface area contributed by atoms with Crippen molar-refractivity contribution in [1.29, 1.82) is 0 Å². The van der Waals surface area contributed by atoms with Crippen LogP contribution < -0.4 is 14.4 Å². The number of aromatic nitrogens is 1. The van der Waals surface area contributed by atoms with E-state index in [0.717, 1.165) is 26.9 Å². The predicted octanol–water partition coefficient (Wildman–Crippen LogP) is 6.42. The number of carbonyl (C=O) groups is 2. The van der Waals surface area contributed by atoms with Gasteiger partial charge in [-0.15, -0.1) is 0 Å². The molecule has 5 rings (SSSR count). The second-order valence-electron chi connectivity index (χ2n) is 9.45. The van der Waals surface area contributed by atoms with Gasteiger partial charge < -0.3 is 14.6 Å². The van der Waals surface area contributed by atoms with Crippen LogP contribution in [0.25, 0.3) is 16.0 Å². The van der Waals surface area contributed by atoms with Crippen LogP contribution in [-0.4, -0.2) is 35.5 Å². The standard InChI is InChI=1S/C31H28N2O5S/c1-6-12-38-22-9-7-8-20(16-22)27-25(28(34)21-10-11-23(37-5)18(3)15-21)29(35)30(36)33(27)31-32-26-19(4)13-17(2)14-24(26)39-31/h6-11,13-16,27,34H,1,12H2,2-5H3/t27-/m0/s1. The number of hydrogen-bond donors (Lipinski definition) is 1. The number of carbonyl (C=O) groups excluding carboxylic acids is 2. The van der Waals surface area contributed by atoms with Crippen LogP contribution in [0.5, 0.6) is 11.5 Å². The summed E-state index contributed by atoms with van der Waals surface area (Å²) in [7, 11) is 1.57. The summed E-state index contributed by atoms with van der Waals surface area (Å²) in [4.78, 5) is 33.4. The number of aryl methyl sites for hydroxylation is 3. The molecule has 1 saturated heterocycles. The number of Topliss-reactive ketones (excluding diaryl/α,β-unsaturated/α-hetero) is 1. The molecule has 1 aromatic heterocycles. The van der Waals surface area contributed by atoms with E-state index in [1.54, 1.807) is 55.7 Å². The minimum absolute atomic E-state index is 0.0161. The lowest BCUT2D eigenvalue weighted by molar-refractivity contribution is -0.132. The average molecular weight is 541 g/mol. The maximum Gasteiger partial charge on any atom is 0.301 e. The second kappa shape index (κ2) is 10.4. The van der Waals surface area contributed by atoms with E-state index >= 15 is 0 Å². The molecule has 0 spiro atoms. The van der Waals surface area contributed by atoms with Crippen LogP contribution in [0.2, 0.25) is 0 Å². The Morgan fingerprint density at radius 3 is 2.62 bits per heavy atom. The van der Waals surface area contributed by atoms with Crippen molar-refractivity contribution in [2.75, 3.05) is 18.6 Å². The van der Waals surface area contributed by atoms with Gasteiger partial charge in [0.15, 0.2) is 5.13 Å². The first-order chi connectivity index (χ1) is 18.7. The smallest absolute Gasteiger partial charge is 0.301 e. The highest BCUT2D eigenvalue weighted by atomic mass is 32.1.